The highest BCUT2D eigenvalue weighted by atomic mass is 79.9. The zero-order valence-corrected chi connectivity index (χ0v) is 10.8. The van der Waals surface area contributed by atoms with E-state index in [4.69, 9.17) is 5.73 Å². The summed E-state index contributed by atoms with van der Waals surface area (Å²) in [6, 6.07) is 2.36. The molecule has 0 amide bonds. The first kappa shape index (κ1) is 12.7. The second-order valence-electron chi connectivity index (χ2n) is 3.97. The Hall–Kier alpha value is -0.410. The van der Waals surface area contributed by atoms with Crippen LogP contribution in [0.15, 0.2) is 22.9 Å². The lowest BCUT2D eigenvalue weighted by atomic mass is 10.0. The fourth-order valence-electron chi connectivity index (χ4n) is 1.63. The summed E-state index contributed by atoms with van der Waals surface area (Å²) in [6.07, 6.45) is 9.50. The highest BCUT2D eigenvalue weighted by molar-refractivity contribution is 9.10. The minimum Gasteiger partial charge on any atom is -0.327 e. The predicted octanol–water partition coefficient (Wildman–Crippen LogP) is 3.29. The minimum absolute atomic E-state index is 0.271. The van der Waals surface area contributed by atoms with E-state index in [0.717, 1.165) is 17.3 Å². The van der Waals surface area contributed by atoms with E-state index in [9.17, 15) is 0 Å². The number of nitrogens with zero attached hydrogens (tertiary/aromatic N) is 1. The number of halogens is 1. The van der Waals surface area contributed by atoms with Crippen LogP contribution in [0.3, 0.4) is 0 Å². The van der Waals surface area contributed by atoms with Crippen LogP contribution >= 0.6 is 15.9 Å². The zero-order chi connectivity index (χ0) is 11.1. The third-order valence-electron chi connectivity index (χ3n) is 2.44. The van der Waals surface area contributed by atoms with E-state index in [1.54, 1.807) is 6.20 Å². The summed E-state index contributed by atoms with van der Waals surface area (Å²) in [6.45, 7) is 2.21. The standard InChI is InChI=1S/C12H19BrN2/c1-2-3-4-5-12(14)7-10-6-11(13)9-15-8-10/h6,8-9,12H,2-5,7,14H2,1H3. The molecule has 0 saturated carbocycles. The van der Waals surface area contributed by atoms with Crippen LogP contribution in [0.5, 0.6) is 0 Å². The van der Waals surface area contributed by atoms with Crippen molar-refractivity contribution in [1.82, 2.24) is 4.98 Å². The molecule has 0 saturated heterocycles. The third-order valence-corrected chi connectivity index (χ3v) is 2.87. The van der Waals surface area contributed by atoms with Gasteiger partial charge in [-0.3, -0.25) is 4.98 Å². The van der Waals surface area contributed by atoms with E-state index in [-0.39, 0.29) is 6.04 Å². The molecule has 0 aromatic carbocycles. The van der Waals surface area contributed by atoms with Gasteiger partial charge < -0.3 is 5.73 Å². The maximum Gasteiger partial charge on any atom is 0.0410 e. The van der Waals surface area contributed by atoms with Crippen LogP contribution in [0.4, 0.5) is 0 Å². The van der Waals surface area contributed by atoms with E-state index in [1.165, 1.54) is 24.8 Å². The summed E-state index contributed by atoms with van der Waals surface area (Å²) in [4.78, 5) is 4.13. The maximum atomic E-state index is 6.05. The molecule has 2 N–H and O–H groups in total. The zero-order valence-electron chi connectivity index (χ0n) is 9.25. The number of hydrogen-bond acceptors (Lipinski definition) is 2. The van der Waals surface area contributed by atoms with Gasteiger partial charge in [0.25, 0.3) is 0 Å². The van der Waals surface area contributed by atoms with Gasteiger partial charge in [0.05, 0.1) is 0 Å². The molecule has 1 aromatic rings. The molecule has 1 rings (SSSR count). The van der Waals surface area contributed by atoms with Crippen molar-refractivity contribution in [2.24, 2.45) is 5.73 Å². The molecule has 2 nitrogen and oxygen atoms in total. The third kappa shape index (κ3) is 5.28. The lowest BCUT2D eigenvalue weighted by molar-refractivity contribution is 0.556. The topological polar surface area (TPSA) is 38.9 Å². The monoisotopic (exact) mass is 270 g/mol. The number of aromatic nitrogens is 1. The number of unbranched alkanes of at least 4 members (excludes halogenated alkanes) is 2. The van der Waals surface area contributed by atoms with E-state index in [0.29, 0.717) is 0 Å². The van der Waals surface area contributed by atoms with Crippen molar-refractivity contribution in [3.8, 4) is 0 Å². The molecule has 1 heterocycles. The lowest BCUT2D eigenvalue weighted by Gasteiger charge is -2.10. The Kier molecular flexibility index (Phi) is 5.88. The molecule has 84 valence electrons. The summed E-state index contributed by atoms with van der Waals surface area (Å²) in [7, 11) is 0. The second-order valence-corrected chi connectivity index (χ2v) is 4.89. The van der Waals surface area contributed by atoms with Gasteiger partial charge in [0.1, 0.15) is 0 Å². The van der Waals surface area contributed by atoms with Gasteiger partial charge in [-0.1, -0.05) is 26.2 Å². The van der Waals surface area contributed by atoms with Gasteiger partial charge in [0, 0.05) is 22.9 Å². The molecule has 0 fully saturated rings. The van der Waals surface area contributed by atoms with Crippen molar-refractivity contribution in [1.29, 1.82) is 0 Å². The number of hydrogen-bond donors (Lipinski definition) is 1. The number of rotatable bonds is 6. The molecule has 1 atom stereocenters. The van der Waals surface area contributed by atoms with Crippen LogP contribution in [0.2, 0.25) is 0 Å². The predicted molar refractivity (Wildman–Crippen MR) is 67.8 cm³/mol. The van der Waals surface area contributed by atoms with E-state index >= 15 is 0 Å². The quantitative estimate of drug-likeness (QED) is 0.806. The van der Waals surface area contributed by atoms with Crippen molar-refractivity contribution in [2.75, 3.05) is 0 Å². The molecule has 1 aromatic heterocycles. The minimum atomic E-state index is 0.271. The summed E-state index contributed by atoms with van der Waals surface area (Å²) >= 11 is 3.41. The fourth-order valence-corrected chi connectivity index (χ4v) is 2.04. The smallest absolute Gasteiger partial charge is 0.0410 e. The summed E-state index contributed by atoms with van der Waals surface area (Å²) < 4.78 is 1.03. The van der Waals surface area contributed by atoms with E-state index in [2.05, 4.69) is 33.9 Å². The molecule has 0 aliphatic rings. The highest BCUT2D eigenvalue weighted by Crippen LogP contribution is 2.12. The van der Waals surface area contributed by atoms with Crippen LogP contribution < -0.4 is 5.73 Å². The lowest BCUT2D eigenvalue weighted by Crippen LogP contribution is -2.22. The van der Waals surface area contributed by atoms with Gasteiger partial charge >= 0.3 is 0 Å². The molecule has 0 aliphatic carbocycles. The SMILES string of the molecule is CCCCCC(N)Cc1cncc(Br)c1. The Morgan fingerprint density at radius 1 is 1.40 bits per heavy atom. The molecule has 0 bridgehead atoms. The van der Waals surface area contributed by atoms with Crippen LogP contribution in [-0.4, -0.2) is 11.0 Å². The average molecular weight is 271 g/mol. The number of pyridine rings is 1. The van der Waals surface area contributed by atoms with Crippen LogP contribution in [0, 0.1) is 0 Å². The maximum absolute atomic E-state index is 6.05. The van der Waals surface area contributed by atoms with Gasteiger partial charge in [-0.05, 0) is 40.4 Å². The molecule has 15 heavy (non-hydrogen) atoms. The first-order valence-electron chi connectivity index (χ1n) is 5.57. The van der Waals surface area contributed by atoms with Gasteiger partial charge in [0.2, 0.25) is 0 Å². The Morgan fingerprint density at radius 2 is 2.20 bits per heavy atom. The van der Waals surface area contributed by atoms with Crippen molar-refractivity contribution in [3.63, 3.8) is 0 Å². The largest absolute Gasteiger partial charge is 0.327 e. The molecule has 3 heteroatoms. The van der Waals surface area contributed by atoms with Gasteiger partial charge in [-0.15, -0.1) is 0 Å². The van der Waals surface area contributed by atoms with Gasteiger partial charge in [-0.2, -0.15) is 0 Å². The Morgan fingerprint density at radius 3 is 2.87 bits per heavy atom. The summed E-state index contributed by atoms with van der Waals surface area (Å²) in [5.74, 6) is 0. The molecule has 0 radical (unpaired) electrons. The second kappa shape index (κ2) is 6.96. The fraction of sp³-hybridized carbons (Fsp3) is 0.583. The summed E-state index contributed by atoms with van der Waals surface area (Å²) in [5.41, 5.74) is 7.27. The van der Waals surface area contributed by atoms with Crippen LogP contribution in [0.25, 0.3) is 0 Å². The van der Waals surface area contributed by atoms with Crippen molar-refractivity contribution in [2.45, 2.75) is 45.1 Å². The molecular weight excluding hydrogens is 252 g/mol. The normalized spacial score (nSPS) is 12.7. The van der Waals surface area contributed by atoms with Crippen molar-refractivity contribution >= 4 is 15.9 Å². The Labute approximate surface area is 100 Å². The van der Waals surface area contributed by atoms with Crippen LogP contribution in [-0.2, 0) is 6.42 Å². The highest BCUT2D eigenvalue weighted by Gasteiger charge is 2.04. The van der Waals surface area contributed by atoms with E-state index < -0.39 is 0 Å². The van der Waals surface area contributed by atoms with Crippen LogP contribution in [0.1, 0.15) is 38.2 Å². The molecular formula is C12H19BrN2. The average Bonchev–Trinajstić information content (AvgIpc) is 2.18. The van der Waals surface area contributed by atoms with Crippen molar-refractivity contribution < 1.29 is 0 Å². The van der Waals surface area contributed by atoms with E-state index in [1.807, 2.05) is 6.20 Å². The number of nitrogens with two attached hydrogens (primary N) is 1. The Bertz CT molecular complexity index is 289. The van der Waals surface area contributed by atoms with Gasteiger partial charge in [0.15, 0.2) is 0 Å². The molecule has 1 unspecified atom stereocenters. The first-order chi connectivity index (χ1) is 7.22. The van der Waals surface area contributed by atoms with Crippen molar-refractivity contribution in [3.05, 3.63) is 28.5 Å². The molecule has 0 aliphatic heterocycles. The first-order valence-corrected chi connectivity index (χ1v) is 6.36. The molecule has 0 spiro atoms. The Balaban J connectivity index is 2.34. The summed E-state index contributed by atoms with van der Waals surface area (Å²) in [5, 5.41) is 0. The van der Waals surface area contributed by atoms with Gasteiger partial charge in [-0.25, -0.2) is 0 Å².